The van der Waals surface area contributed by atoms with Gasteiger partial charge in [-0.25, -0.2) is 0 Å². The highest BCUT2D eigenvalue weighted by Crippen LogP contribution is 2.21. The fraction of sp³-hybridized carbons (Fsp3) is 0.0769. The third-order valence-electron chi connectivity index (χ3n) is 2.34. The van der Waals surface area contributed by atoms with Crippen molar-refractivity contribution in [3.05, 3.63) is 57.8 Å². The standard InChI is InChI=1S/C13H10Cl2N2O/c1-8-2-4-10(7-16-8)17-13(18)11-5-3-9(14)6-12(11)15/h2-7H,1H3,(H,17,18). The van der Waals surface area contributed by atoms with Crippen LogP contribution in [0.4, 0.5) is 5.69 Å². The number of nitrogens with one attached hydrogen (secondary N) is 1. The summed E-state index contributed by atoms with van der Waals surface area (Å²) < 4.78 is 0. The number of halogens is 2. The van der Waals surface area contributed by atoms with Gasteiger partial charge in [0.25, 0.3) is 5.91 Å². The van der Waals surface area contributed by atoms with Crippen LogP contribution >= 0.6 is 23.2 Å². The molecule has 5 heteroatoms. The molecule has 3 nitrogen and oxygen atoms in total. The average molecular weight is 281 g/mol. The molecule has 0 unspecified atom stereocenters. The van der Waals surface area contributed by atoms with Crippen molar-refractivity contribution in [2.45, 2.75) is 6.92 Å². The molecule has 0 aliphatic carbocycles. The predicted molar refractivity (Wildman–Crippen MR) is 73.4 cm³/mol. The molecule has 1 heterocycles. The van der Waals surface area contributed by atoms with E-state index < -0.39 is 0 Å². The summed E-state index contributed by atoms with van der Waals surface area (Å²) in [6, 6.07) is 8.34. The van der Waals surface area contributed by atoms with Gasteiger partial charge in [0.1, 0.15) is 0 Å². The van der Waals surface area contributed by atoms with Gasteiger partial charge >= 0.3 is 0 Å². The van der Waals surface area contributed by atoms with Crippen LogP contribution in [-0.4, -0.2) is 10.9 Å². The number of hydrogen-bond acceptors (Lipinski definition) is 2. The Morgan fingerprint density at radius 2 is 2.00 bits per heavy atom. The Bertz CT molecular complexity index is 582. The highest BCUT2D eigenvalue weighted by atomic mass is 35.5. The van der Waals surface area contributed by atoms with E-state index in [4.69, 9.17) is 23.2 Å². The van der Waals surface area contributed by atoms with Crippen LogP contribution in [-0.2, 0) is 0 Å². The third-order valence-corrected chi connectivity index (χ3v) is 2.89. The van der Waals surface area contributed by atoms with E-state index in [2.05, 4.69) is 10.3 Å². The molecule has 1 amide bonds. The highest BCUT2D eigenvalue weighted by Gasteiger charge is 2.10. The van der Waals surface area contributed by atoms with Crippen molar-refractivity contribution in [1.82, 2.24) is 4.98 Å². The van der Waals surface area contributed by atoms with Crippen molar-refractivity contribution in [1.29, 1.82) is 0 Å². The largest absolute Gasteiger partial charge is 0.321 e. The number of aryl methyl sites for hydroxylation is 1. The number of benzene rings is 1. The second-order valence-electron chi connectivity index (χ2n) is 3.77. The summed E-state index contributed by atoms with van der Waals surface area (Å²) in [5.74, 6) is -0.290. The van der Waals surface area contributed by atoms with Crippen LogP contribution < -0.4 is 5.32 Å². The summed E-state index contributed by atoms with van der Waals surface area (Å²) in [7, 11) is 0. The van der Waals surface area contributed by atoms with E-state index in [0.29, 0.717) is 21.3 Å². The Morgan fingerprint density at radius 3 is 2.61 bits per heavy atom. The number of hydrogen-bond donors (Lipinski definition) is 1. The number of nitrogens with zero attached hydrogens (tertiary/aromatic N) is 1. The topological polar surface area (TPSA) is 42.0 Å². The molecule has 0 fully saturated rings. The molecule has 0 saturated carbocycles. The summed E-state index contributed by atoms with van der Waals surface area (Å²) in [4.78, 5) is 16.1. The molecule has 0 saturated heterocycles. The summed E-state index contributed by atoms with van der Waals surface area (Å²) >= 11 is 11.7. The lowest BCUT2D eigenvalue weighted by Crippen LogP contribution is -2.12. The number of amides is 1. The van der Waals surface area contributed by atoms with Crippen LogP contribution in [0.3, 0.4) is 0 Å². The van der Waals surface area contributed by atoms with Crippen molar-refractivity contribution < 1.29 is 4.79 Å². The molecule has 1 aromatic carbocycles. The minimum absolute atomic E-state index is 0.290. The van der Waals surface area contributed by atoms with Crippen molar-refractivity contribution in [2.24, 2.45) is 0 Å². The van der Waals surface area contributed by atoms with Gasteiger partial charge in [-0.2, -0.15) is 0 Å². The molecule has 18 heavy (non-hydrogen) atoms. The maximum atomic E-state index is 12.0. The van der Waals surface area contributed by atoms with Gasteiger partial charge in [0, 0.05) is 10.7 Å². The zero-order chi connectivity index (χ0) is 13.1. The van der Waals surface area contributed by atoms with Crippen molar-refractivity contribution >= 4 is 34.8 Å². The normalized spacial score (nSPS) is 10.2. The highest BCUT2D eigenvalue weighted by molar-refractivity contribution is 6.37. The van der Waals surface area contributed by atoms with Crippen LogP contribution in [0.15, 0.2) is 36.5 Å². The van der Waals surface area contributed by atoms with Crippen LogP contribution in [0.5, 0.6) is 0 Å². The van der Waals surface area contributed by atoms with E-state index in [1.54, 1.807) is 24.4 Å². The molecule has 92 valence electrons. The number of anilines is 1. The summed E-state index contributed by atoms with van der Waals surface area (Å²) in [6.45, 7) is 1.88. The Morgan fingerprint density at radius 1 is 1.22 bits per heavy atom. The van der Waals surface area contributed by atoms with E-state index in [1.165, 1.54) is 6.07 Å². The molecule has 0 atom stereocenters. The Labute approximate surface area is 115 Å². The Balaban J connectivity index is 2.19. The summed E-state index contributed by atoms with van der Waals surface area (Å²) in [5.41, 5.74) is 1.88. The molecule has 2 aromatic rings. The van der Waals surface area contributed by atoms with Gasteiger partial charge in [0.05, 0.1) is 22.5 Å². The predicted octanol–water partition coefficient (Wildman–Crippen LogP) is 3.95. The molecule has 2 rings (SSSR count). The van der Waals surface area contributed by atoms with Crippen molar-refractivity contribution in [3.63, 3.8) is 0 Å². The minimum atomic E-state index is -0.290. The summed E-state index contributed by atoms with van der Waals surface area (Å²) in [5, 5.41) is 3.53. The van der Waals surface area contributed by atoms with Gasteiger partial charge in [-0.05, 0) is 37.3 Å². The van der Waals surface area contributed by atoms with Crippen molar-refractivity contribution in [3.8, 4) is 0 Å². The maximum absolute atomic E-state index is 12.0. The van der Waals surface area contributed by atoms with E-state index in [1.807, 2.05) is 13.0 Å². The first kappa shape index (κ1) is 12.9. The molecular formula is C13H10Cl2N2O. The zero-order valence-corrected chi connectivity index (χ0v) is 11.1. The number of rotatable bonds is 2. The van der Waals surface area contributed by atoms with Gasteiger partial charge in [-0.3, -0.25) is 9.78 Å². The van der Waals surface area contributed by atoms with Gasteiger partial charge in [0.2, 0.25) is 0 Å². The van der Waals surface area contributed by atoms with E-state index in [0.717, 1.165) is 5.69 Å². The van der Waals surface area contributed by atoms with Crippen LogP contribution in [0, 0.1) is 6.92 Å². The maximum Gasteiger partial charge on any atom is 0.257 e. The zero-order valence-electron chi connectivity index (χ0n) is 9.58. The molecule has 1 N–H and O–H groups in total. The van der Waals surface area contributed by atoms with Crippen molar-refractivity contribution in [2.75, 3.05) is 5.32 Å². The molecule has 0 aliphatic rings. The average Bonchev–Trinajstić information content (AvgIpc) is 2.32. The van der Waals surface area contributed by atoms with E-state index in [9.17, 15) is 4.79 Å². The van der Waals surface area contributed by atoms with Crippen LogP contribution in [0.2, 0.25) is 10.0 Å². The smallest absolute Gasteiger partial charge is 0.257 e. The lowest BCUT2D eigenvalue weighted by atomic mass is 10.2. The summed E-state index contributed by atoms with van der Waals surface area (Å²) in [6.07, 6.45) is 1.59. The number of carbonyl (C=O) groups excluding carboxylic acids is 1. The molecule has 0 radical (unpaired) electrons. The Kier molecular flexibility index (Phi) is 3.84. The quantitative estimate of drug-likeness (QED) is 0.905. The molecule has 0 aliphatic heterocycles. The first-order valence-corrected chi connectivity index (χ1v) is 6.01. The monoisotopic (exact) mass is 280 g/mol. The SMILES string of the molecule is Cc1ccc(NC(=O)c2ccc(Cl)cc2Cl)cn1. The van der Waals surface area contributed by atoms with Crippen LogP contribution in [0.1, 0.15) is 16.1 Å². The second kappa shape index (κ2) is 5.38. The van der Waals surface area contributed by atoms with E-state index in [-0.39, 0.29) is 5.91 Å². The number of carbonyl (C=O) groups is 1. The third kappa shape index (κ3) is 3.00. The number of pyridine rings is 1. The first-order chi connectivity index (χ1) is 8.56. The molecular weight excluding hydrogens is 271 g/mol. The fourth-order valence-electron chi connectivity index (χ4n) is 1.41. The fourth-order valence-corrected chi connectivity index (χ4v) is 1.91. The van der Waals surface area contributed by atoms with Crippen LogP contribution in [0.25, 0.3) is 0 Å². The lowest BCUT2D eigenvalue weighted by molar-refractivity contribution is 0.102. The first-order valence-electron chi connectivity index (χ1n) is 5.25. The van der Waals surface area contributed by atoms with Gasteiger partial charge < -0.3 is 5.32 Å². The number of aromatic nitrogens is 1. The molecule has 0 bridgehead atoms. The lowest BCUT2D eigenvalue weighted by Gasteiger charge is -2.06. The minimum Gasteiger partial charge on any atom is -0.321 e. The van der Waals surface area contributed by atoms with Gasteiger partial charge in [-0.15, -0.1) is 0 Å². The molecule has 1 aromatic heterocycles. The second-order valence-corrected chi connectivity index (χ2v) is 4.61. The molecule has 0 spiro atoms. The van der Waals surface area contributed by atoms with Gasteiger partial charge in [0.15, 0.2) is 0 Å². The Hall–Kier alpha value is -1.58. The van der Waals surface area contributed by atoms with E-state index >= 15 is 0 Å². The van der Waals surface area contributed by atoms with Gasteiger partial charge in [-0.1, -0.05) is 23.2 Å².